The lowest BCUT2D eigenvalue weighted by Crippen LogP contribution is -2.33. The van der Waals surface area contributed by atoms with Crippen molar-refractivity contribution in [3.63, 3.8) is 0 Å². The summed E-state index contributed by atoms with van der Waals surface area (Å²) in [5.41, 5.74) is 6.71. The zero-order valence-electron chi connectivity index (χ0n) is 17.9. The number of carbonyl (C=O) groups is 1. The Balaban J connectivity index is 1.48. The number of ketones is 1. The van der Waals surface area contributed by atoms with Crippen molar-refractivity contribution in [3.05, 3.63) is 52.9 Å². The molecule has 3 aliphatic rings. The maximum atomic E-state index is 12.6. The molecule has 5 rings (SSSR count). The van der Waals surface area contributed by atoms with E-state index in [0.29, 0.717) is 17.9 Å². The van der Waals surface area contributed by atoms with Crippen molar-refractivity contribution < 1.29 is 13.2 Å². The van der Waals surface area contributed by atoms with Crippen LogP contribution in [-0.2, 0) is 34.1 Å². The number of rotatable bonds is 8. The maximum Gasteiger partial charge on any atom is 0.235 e. The van der Waals surface area contributed by atoms with Gasteiger partial charge in [0.15, 0.2) is 0 Å². The molecule has 3 aliphatic carbocycles. The first-order chi connectivity index (χ1) is 14.9. The fourth-order valence-electron chi connectivity index (χ4n) is 4.42. The van der Waals surface area contributed by atoms with Crippen LogP contribution in [0, 0.1) is 5.92 Å². The number of hydrogen-bond acceptors (Lipinski definition) is 4. The fraction of sp³-hybridized carbons (Fsp3) is 0.440. The van der Waals surface area contributed by atoms with Crippen molar-refractivity contribution in [2.45, 2.75) is 63.5 Å². The van der Waals surface area contributed by atoms with E-state index in [0.717, 1.165) is 78.6 Å². The first-order valence-electron chi connectivity index (χ1n) is 11.3. The molecule has 2 aromatic rings. The molecule has 0 unspecified atom stereocenters. The molecule has 31 heavy (non-hydrogen) atoms. The highest BCUT2D eigenvalue weighted by atomic mass is 32.2. The van der Waals surface area contributed by atoms with Crippen LogP contribution >= 0.6 is 0 Å². The van der Waals surface area contributed by atoms with Crippen LogP contribution in [-0.4, -0.2) is 24.4 Å². The molecule has 162 valence electrons. The number of anilines is 1. The number of aromatic nitrogens is 1. The van der Waals surface area contributed by atoms with Gasteiger partial charge in [-0.25, -0.2) is 8.42 Å². The van der Waals surface area contributed by atoms with E-state index in [9.17, 15) is 13.2 Å². The first kappa shape index (κ1) is 20.4. The average Bonchev–Trinajstić information content (AvgIpc) is 3.44. The van der Waals surface area contributed by atoms with Crippen LogP contribution < -0.4 is 4.72 Å². The monoisotopic (exact) mass is 436 g/mol. The molecule has 1 aromatic carbocycles. The summed E-state index contributed by atoms with van der Waals surface area (Å²) >= 11 is 0. The standard InChI is InChI=1S/C25H28N2O3S/c1-2-16-13-18(11-12-23(16)27-31(29,30)20-5-3-6-20)22-14-19(15-25(28)17-9-10-17)26-24-8-4-7-21(22)24/h4,7,11-14,17,20,27H,2-3,5-6,8-10,15H2,1H3. The van der Waals surface area contributed by atoms with Crippen molar-refractivity contribution in [2.75, 3.05) is 4.72 Å². The Labute approximate surface area is 184 Å². The van der Waals surface area contributed by atoms with E-state index in [1.165, 1.54) is 0 Å². The predicted octanol–water partition coefficient (Wildman–Crippen LogP) is 4.70. The van der Waals surface area contributed by atoms with Gasteiger partial charge < -0.3 is 0 Å². The highest BCUT2D eigenvalue weighted by Gasteiger charge is 2.32. The Morgan fingerprint density at radius 3 is 2.65 bits per heavy atom. The Hall–Kier alpha value is -2.47. The second-order valence-corrected chi connectivity index (χ2v) is 10.9. The number of nitrogens with one attached hydrogen (secondary N) is 1. The Bertz CT molecular complexity index is 1180. The summed E-state index contributed by atoms with van der Waals surface area (Å²) in [7, 11) is -3.33. The smallest absolute Gasteiger partial charge is 0.235 e. The van der Waals surface area contributed by atoms with E-state index >= 15 is 0 Å². The normalized spacial score (nSPS) is 18.0. The van der Waals surface area contributed by atoms with E-state index in [2.05, 4.69) is 22.9 Å². The number of sulfonamides is 1. The van der Waals surface area contributed by atoms with Gasteiger partial charge in [-0.3, -0.25) is 14.5 Å². The molecule has 2 saturated carbocycles. The van der Waals surface area contributed by atoms with E-state index in [1.807, 2.05) is 25.1 Å². The summed E-state index contributed by atoms with van der Waals surface area (Å²) in [6.07, 6.45) is 10.6. The molecular formula is C25H28N2O3S. The molecule has 0 spiro atoms. The molecular weight excluding hydrogens is 408 g/mol. The van der Waals surface area contributed by atoms with Crippen LogP contribution in [0.15, 0.2) is 30.3 Å². The van der Waals surface area contributed by atoms with Crippen molar-refractivity contribution in [2.24, 2.45) is 5.92 Å². The van der Waals surface area contributed by atoms with Gasteiger partial charge >= 0.3 is 0 Å². The third-order valence-corrected chi connectivity index (χ3v) is 8.57. The molecule has 1 heterocycles. The summed E-state index contributed by atoms with van der Waals surface area (Å²) in [5.74, 6) is 0.519. The molecule has 0 radical (unpaired) electrons. The first-order valence-corrected chi connectivity index (χ1v) is 12.9. The van der Waals surface area contributed by atoms with Gasteiger partial charge in [-0.2, -0.15) is 0 Å². The minimum atomic E-state index is -3.33. The number of allylic oxidation sites excluding steroid dienone is 1. The van der Waals surface area contributed by atoms with Gasteiger partial charge in [0.2, 0.25) is 10.0 Å². The van der Waals surface area contributed by atoms with Gasteiger partial charge in [-0.05, 0) is 67.0 Å². The van der Waals surface area contributed by atoms with Gasteiger partial charge in [-0.15, -0.1) is 0 Å². The molecule has 6 heteroatoms. The lowest BCUT2D eigenvalue weighted by molar-refractivity contribution is -0.119. The van der Waals surface area contributed by atoms with Gasteiger partial charge in [0.25, 0.3) is 0 Å². The summed E-state index contributed by atoms with van der Waals surface area (Å²) in [4.78, 5) is 17.1. The topological polar surface area (TPSA) is 76.1 Å². The summed E-state index contributed by atoms with van der Waals surface area (Å²) in [6.45, 7) is 2.04. The fourth-order valence-corrected chi connectivity index (χ4v) is 6.05. The number of aryl methyl sites for hydroxylation is 1. The summed E-state index contributed by atoms with van der Waals surface area (Å²) < 4.78 is 28.0. The number of benzene rings is 1. The lowest BCUT2D eigenvalue weighted by Gasteiger charge is -2.26. The Morgan fingerprint density at radius 1 is 1.16 bits per heavy atom. The summed E-state index contributed by atoms with van der Waals surface area (Å²) in [6, 6.07) is 7.98. The molecule has 0 amide bonds. The second kappa shape index (κ2) is 7.90. The quantitative estimate of drug-likeness (QED) is 0.651. The molecule has 5 nitrogen and oxygen atoms in total. The zero-order valence-corrected chi connectivity index (χ0v) is 18.7. The minimum absolute atomic E-state index is 0.228. The predicted molar refractivity (Wildman–Crippen MR) is 123 cm³/mol. The Kier molecular flexibility index (Phi) is 5.21. The molecule has 0 aliphatic heterocycles. The van der Waals surface area contributed by atoms with Gasteiger partial charge in [0.1, 0.15) is 5.78 Å². The summed E-state index contributed by atoms with van der Waals surface area (Å²) in [5, 5.41) is -0.267. The molecule has 1 N–H and O–H groups in total. The van der Waals surface area contributed by atoms with Crippen LogP contribution in [0.5, 0.6) is 0 Å². The Morgan fingerprint density at radius 2 is 1.97 bits per heavy atom. The van der Waals surface area contributed by atoms with Gasteiger partial charge in [0.05, 0.1) is 16.6 Å². The third-order valence-electron chi connectivity index (χ3n) is 6.71. The van der Waals surface area contributed by atoms with Crippen LogP contribution in [0.1, 0.15) is 61.5 Å². The van der Waals surface area contributed by atoms with Crippen LogP contribution in [0.25, 0.3) is 17.2 Å². The van der Waals surface area contributed by atoms with Crippen molar-refractivity contribution in [1.29, 1.82) is 0 Å². The van der Waals surface area contributed by atoms with Crippen molar-refractivity contribution >= 4 is 27.6 Å². The number of hydrogen-bond donors (Lipinski definition) is 1. The largest absolute Gasteiger partial charge is 0.299 e. The van der Waals surface area contributed by atoms with Crippen molar-refractivity contribution in [1.82, 2.24) is 4.98 Å². The van der Waals surface area contributed by atoms with E-state index in [1.54, 1.807) is 0 Å². The van der Waals surface area contributed by atoms with Crippen LogP contribution in [0.4, 0.5) is 5.69 Å². The van der Waals surface area contributed by atoms with Gasteiger partial charge in [-0.1, -0.05) is 31.6 Å². The van der Waals surface area contributed by atoms with Crippen LogP contribution in [0.3, 0.4) is 0 Å². The maximum absolute atomic E-state index is 12.6. The average molecular weight is 437 g/mol. The van der Waals surface area contributed by atoms with Gasteiger partial charge in [0, 0.05) is 30.0 Å². The van der Waals surface area contributed by atoms with E-state index in [4.69, 9.17) is 4.98 Å². The number of nitrogens with zero attached hydrogens (tertiary/aromatic N) is 1. The molecule has 1 aromatic heterocycles. The highest BCUT2D eigenvalue weighted by molar-refractivity contribution is 7.93. The van der Waals surface area contributed by atoms with E-state index in [-0.39, 0.29) is 11.2 Å². The number of Topliss-reactive ketones (excluding diaryl/α,β-unsaturated/α-hetero) is 1. The number of carbonyl (C=O) groups excluding carboxylic acids is 1. The number of pyridine rings is 1. The third kappa shape index (κ3) is 4.05. The molecule has 0 saturated heterocycles. The van der Waals surface area contributed by atoms with Crippen molar-refractivity contribution in [3.8, 4) is 11.1 Å². The zero-order chi connectivity index (χ0) is 21.6. The number of fused-ring (bicyclic) bond motifs is 1. The second-order valence-electron chi connectivity index (χ2n) is 8.97. The van der Waals surface area contributed by atoms with E-state index < -0.39 is 10.0 Å². The molecule has 2 fully saturated rings. The SMILES string of the molecule is CCc1cc(-c2cc(CC(=O)C3CC3)nc3c2C=CC3)ccc1NS(=O)(=O)C1CCC1. The molecule has 0 atom stereocenters. The van der Waals surface area contributed by atoms with Crippen LogP contribution in [0.2, 0.25) is 0 Å². The lowest BCUT2D eigenvalue weighted by atomic mass is 9.95. The highest BCUT2D eigenvalue weighted by Crippen LogP contribution is 2.36. The minimum Gasteiger partial charge on any atom is -0.299 e. The molecule has 0 bridgehead atoms.